The molecule has 0 aromatic heterocycles. The SMILES string of the molecule is NCc1cc(O)cc2c1OCCO2. The van der Waals surface area contributed by atoms with Crippen LogP contribution in [0.25, 0.3) is 0 Å². The van der Waals surface area contributed by atoms with E-state index in [0.717, 1.165) is 5.56 Å². The molecular formula is C9H11NO3. The molecule has 1 aromatic rings. The van der Waals surface area contributed by atoms with Crippen LogP contribution >= 0.6 is 0 Å². The summed E-state index contributed by atoms with van der Waals surface area (Å²) in [6.07, 6.45) is 0. The summed E-state index contributed by atoms with van der Waals surface area (Å²) in [5, 5.41) is 9.31. The van der Waals surface area contributed by atoms with Gasteiger partial charge in [-0.05, 0) is 6.07 Å². The van der Waals surface area contributed by atoms with E-state index >= 15 is 0 Å². The normalized spacial score (nSPS) is 14.2. The second-order valence-corrected chi connectivity index (χ2v) is 2.83. The van der Waals surface area contributed by atoms with Gasteiger partial charge in [0.05, 0.1) is 0 Å². The Morgan fingerprint density at radius 1 is 1.31 bits per heavy atom. The van der Waals surface area contributed by atoms with Crippen molar-refractivity contribution in [2.24, 2.45) is 5.73 Å². The summed E-state index contributed by atoms with van der Waals surface area (Å²) in [6.45, 7) is 1.38. The van der Waals surface area contributed by atoms with Crippen LogP contribution < -0.4 is 15.2 Å². The number of hydrogen-bond acceptors (Lipinski definition) is 4. The Morgan fingerprint density at radius 2 is 2.08 bits per heavy atom. The van der Waals surface area contributed by atoms with E-state index < -0.39 is 0 Å². The van der Waals surface area contributed by atoms with E-state index in [1.54, 1.807) is 6.07 Å². The smallest absolute Gasteiger partial charge is 0.166 e. The van der Waals surface area contributed by atoms with Crippen LogP contribution in [-0.2, 0) is 6.54 Å². The Balaban J connectivity index is 2.50. The summed E-state index contributed by atoms with van der Waals surface area (Å²) in [7, 11) is 0. The first-order chi connectivity index (χ1) is 6.31. The standard InChI is InChI=1S/C9H11NO3/c10-5-6-3-7(11)4-8-9(6)13-2-1-12-8/h3-4,11H,1-2,5,10H2. The van der Waals surface area contributed by atoms with Gasteiger partial charge in [0.1, 0.15) is 19.0 Å². The summed E-state index contributed by atoms with van der Waals surface area (Å²) < 4.78 is 10.7. The maximum Gasteiger partial charge on any atom is 0.166 e. The van der Waals surface area contributed by atoms with Gasteiger partial charge in [0.2, 0.25) is 0 Å². The average molecular weight is 181 g/mol. The third-order valence-electron chi connectivity index (χ3n) is 1.92. The second kappa shape index (κ2) is 3.14. The molecule has 0 saturated heterocycles. The molecule has 0 spiro atoms. The van der Waals surface area contributed by atoms with Crippen molar-refractivity contribution in [2.75, 3.05) is 13.2 Å². The Bertz CT molecular complexity index is 308. The number of hydrogen-bond donors (Lipinski definition) is 2. The minimum Gasteiger partial charge on any atom is -0.508 e. The van der Waals surface area contributed by atoms with E-state index in [1.165, 1.54) is 6.07 Å². The van der Waals surface area contributed by atoms with E-state index in [-0.39, 0.29) is 5.75 Å². The van der Waals surface area contributed by atoms with Gasteiger partial charge in [-0.25, -0.2) is 0 Å². The van der Waals surface area contributed by atoms with Crippen molar-refractivity contribution >= 4 is 0 Å². The molecule has 4 heteroatoms. The van der Waals surface area contributed by atoms with Crippen LogP contribution in [0.5, 0.6) is 17.2 Å². The van der Waals surface area contributed by atoms with Crippen LogP contribution in [0.1, 0.15) is 5.56 Å². The van der Waals surface area contributed by atoms with Gasteiger partial charge in [0, 0.05) is 18.2 Å². The molecular weight excluding hydrogens is 170 g/mol. The molecule has 0 atom stereocenters. The molecule has 3 N–H and O–H groups in total. The van der Waals surface area contributed by atoms with Gasteiger partial charge >= 0.3 is 0 Å². The van der Waals surface area contributed by atoms with E-state index in [4.69, 9.17) is 15.2 Å². The van der Waals surface area contributed by atoms with Gasteiger partial charge in [-0.2, -0.15) is 0 Å². The van der Waals surface area contributed by atoms with Crippen molar-refractivity contribution in [3.8, 4) is 17.2 Å². The maximum absolute atomic E-state index is 9.31. The Labute approximate surface area is 75.9 Å². The number of phenols is 1. The van der Waals surface area contributed by atoms with E-state index in [0.29, 0.717) is 31.3 Å². The third kappa shape index (κ3) is 1.40. The Kier molecular flexibility index (Phi) is 1.98. The number of phenolic OH excluding ortho intramolecular Hbond substituents is 1. The van der Waals surface area contributed by atoms with Crippen molar-refractivity contribution in [3.05, 3.63) is 17.7 Å². The van der Waals surface area contributed by atoms with Gasteiger partial charge in [-0.3, -0.25) is 0 Å². The van der Waals surface area contributed by atoms with Crippen LogP contribution in [0.4, 0.5) is 0 Å². The number of benzene rings is 1. The lowest BCUT2D eigenvalue weighted by molar-refractivity contribution is 0.169. The predicted octanol–water partition coefficient (Wildman–Crippen LogP) is 0.622. The highest BCUT2D eigenvalue weighted by Crippen LogP contribution is 2.36. The molecule has 1 aliphatic rings. The molecule has 0 fully saturated rings. The first-order valence-corrected chi connectivity index (χ1v) is 4.13. The Hall–Kier alpha value is -1.42. The minimum atomic E-state index is 0.157. The number of aromatic hydroxyl groups is 1. The fourth-order valence-electron chi connectivity index (χ4n) is 1.36. The van der Waals surface area contributed by atoms with Gasteiger partial charge in [0.25, 0.3) is 0 Å². The fourth-order valence-corrected chi connectivity index (χ4v) is 1.36. The highest BCUT2D eigenvalue weighted by Gasteiger charge is 2.16. The molecule has 1 heterocycles. The van der Waals surface area contributed by atoms with Crippen LogP contribution in [-0.4, -0.2) is 18.3 Å². The van der Waals surface area contributed by atoms with Crippen molar-refractivity contribution in [1.82, 2.24) is 0 Å². The summed E-state index contributed by atoms with van der Waals surface area (Å²) in [6, 6.07) is 3.13. The number of ether oxygens (including phenoxy) is 2. The lowest BCUT2D eigenvalue weighted by atomic mass is 10.1. The largest absolute Gasteiger partial charge is 0.508 e. The molecule has 2 rings (SSSR count). The zero-order chi connectivity index (χ0) is 9.26. The predicted molar refractivity (Wildman–Crippen MR) is 47.0 cm³/mol. The number of nitrogens with two attached hydrogens (primary N) is 1. The van der Waals surface area contributed by atoms with Crippen LogP contribution in [0.15, 0.2) is 12.1 Å². The first kappa shape index (κ1) is 8.19. The van der Waals surface area contributed by atoms with E-state index in [1.807, 2.05) is 0 Å². The lowest BCUT2D eigenvalue weighted by Crippen LogP contribution is -2.17. The summed E-state index contributed by atoms with van der Waals surface area (Å²) >= 11 is 0. The fraction of sp³-hybridized carbons (Fsp3) is 0.333. The number of fused-ring (bicyclic) bond motifs is 1. The van der Waals surface area contributed by atoms with Crippen LogP contribution in [0.3, 0.4) is 0 Å². The van der Waals surface area contributed by atoms with Crippen molar-refractivity contribution in [2.45, 2.75) is 6.54 Å². The quantitative estimate of drug-likeness (QED) is 0.666. The highest BCUT2D eigenvalue weighted by atomic mass is 16.6. The van der Waals surface area contributed by atoms with E-state index in [9.17, 15) is 5.11 Å². The second-order valence-electron chi connectivity index (χ2n) is 2.83. The molecule has 4 nitrogen and oxygen atoms in total. The Morgan fingerprint density at radius 3 is 2.85 bits per heavy atom. The molecule has 1 aromatic carbocycles. The van der Waals surface area contributed by atoms with Crippen LogP contribution in [0, 0.1) is 0 Å². The molecule has 13 heavy (non-hydrogen) atoms. The first-order valence-electron chi connectivity index (χ1n) is 4.13. The monoisotopic (exact) mass is 181 g/mol. The van der Waals surface area contributed by atoms with Gasteiger partial charge in [-0.1, -0.05) is 0 Å². The molecule has 0 radical (unpaired) electrons. The van der Waals surface area contributed by atoms with E-state index in [2.05, 4.69) is 0 Å². The zero-order valence-corrected chi connectivity index (χ0v) is 7.12. The third-order valence-corrected chi connectivity index (χ3v) is 1.92. The minimum absolute atomic E-state index is 0.157. The number of rotatable bonds is 1. The summed E-state index contributed by atoms with van der Waals surface area (Å²) in [4.78, 5) is 0. The summed E-state index contributed by atoms with van der Waals surface area (Å²) in [5.74, 6) is 1.39. The van der Waals surface area contributed by atoms with Crippen molar-refractivity contribution in [3.63, 3.8) is 0 Å². The molecule has 70 valence electrons. The van der Waals surface area contributed by atoms with Crippen molar-refractivity contribution in [1.29, 1.82) is 0 Å². The zero-order valence-electron chi connectivity index (χ0n) is 7.12. The van der Waals surface area contributed by atoms with Gasteiger partial charge < -0.3 is 20.3 Å². The molecule has 0 unspecified atom stereocenters. The molecule has 1 aliphatic heterocycles. The molecule has 0 bridgehead atoms. The topological polar surface area (TPSA) is 64.7 Å². The molecule has 0 aliphatic carbocycles. The molecule has 0 saturated carbocycles. The van der Waals surface area contributed by atoms with Gasteiger partial charge in [-0.15, -0.1) is 0 Å². The van der Waals surface area contributed by atoms with Crippen molar-refractivity contribution < 1.29 is 14.6 Å². The lowest BCUT2D eigenvalue weighted by Gasteiger charge is -2.20. The summed E-state index contributed by atoms with van der Waals surface area (Å²) in [5.41, 5.74) is 6.27. The van der Waals surface area contributed by atoms with Gasteiger partial charge in [0.15, 0.2) is 11.5 Å². The molecule has 0 amide bonds. The van der Waals surface area contributed by atoms with Crippen LogP contribution in [0.2, 0.25) is 0 Å². The average Bonchev–Trinajstić information content (AvgIpc) is 2.16. The highest BCUT2D eigenvalue weighted by molar-refractivity contribution is 5.51. The maximum atomic E-state index is 9.31.